The molecule has 0 heterocycles. The van der Waals surface area contributed by atoms with Crippen LogP contribution < -0.4 is 0 Å². The van der Waals surface area contributed by atoms with E-state index >= 15 is 0 Å². The Morgan fingerprint density at radius 1 is 1.08 bits per heavy atom. The molecule has 3 heteroatoms. The van der Waals surface area contributed by atoms with Gasteiger partial charge in [0.2, 0.25) is 0 Å². The average molecular weight is 203 g/mol. The first kappa shape index (κ1) is 13.1. The number of hydrogen-bond donors (Lipinski definition) is 0. The normalized spacial score (nSPS) is 12.0. The molecule has 0 aromatic carbocycles. The Bertz CT molecular complexity index is 88.9. The molecule has 0 N–H and O–H groups in total. The number of hydrogen-bond acceptors (Lipinski definition) is 2. The van der Waals surface area contributed by atoms with Crippen LogP contribution in [-0.2, 0) is 9.47 Å². The largest absolute Gasteiger partial charge is 0.357 e. The molecule has 0 fully saturated rings. The highest BCUT2D eigenvalue weighted by molar-refractivity contribution is 6.38. The molecule has 13 heavy (non-hydrogen) atoms. The van der Waals surface area contributed by atoms with Crippen molar-refractivity contribution in [1.82, 2.24) is 0 Å². The maximum absolute atomic E-state index is 5.56. The predicted molar refractivity (Wildman–Crippen MR) is 59.4 cm³/mol. The SMILES string of the molecule is [CH2][SiH2]C(OCCCC)OCCCC. The molecule has 0 aliphatic carbocycles. The van der Waals surface area contributed by atoms with Crippen molar-refractivity contribution in [1.29, 1.82) is 0 Å². The maximum Gasteiger partial charge on any atom is 0.134 e. The summed E-state index contributed by atoms with van der Waals surface area (Å²) < 4.78 is 11.1. The van der Waals surface area contributed by atoms with E-state index in [9.17, 15) is 0 Å². The molecule has 79 valence electrons. The van der Waals surface area contributed by atoms with Crippen LogP contribution in [-0.4, -0.2) is 28.6 Å². The third kappa shape index (κ3) is 8.47. The molecule has 0 spiro atoms. The van der Waals surface area contributed by atoms with Gasteiger partial charge in [-0.2, -0.15) is 0 Å². The second kappa shape index (κ2) is 10.2. The number of rotatable bonds is 9. The van der Waals surface area contributed by atoms with E-state index in [4.69, 9.17) is 9.47 Å². The van der Waals surface area contributed by atoms with Gasteiger partial charge in [0.05, 0.1) is 9.52 Å². The van der Waals surface area contributed by atoms with Crippen molar-refractivity contribution in [2.24, 2.45) is 0 Å². The predicted octanol–water partition coefficient (Wildman–Crippen LogP) is 1.86. The Labute approximate surface area is 84.8 Å². The van der Waals surface area contributed by atoms with Crippen LogP contribution in [0.2, 0.25) is 0 Å². The van der Waals surface area contributed by atoms with Crippen molar-refractivity contribution in [3.05, 3.63) is 6.55 Å². The van der Waals surface area contributed by atoms with Gasteiger partial charge in [0.15, 0.2) is 0 Å². The molecule has 0 saturated carbocycles. The molecule has 0 atom stereocenters. The van der Waals surface area contributed by atoms with Crippen LogP contribution in [0, 0.1) is 6.55 Å². The van der Waals surface area contributed by atoms with Crippen molar-refractivity contribution in [2.45, 2.75) is 45.4 Å². The number of unbranched alkanes of at least 4 members (excludes halogenated alkanes) is 2. The zero-order valence-electron chi connectivity index (χ0n) is 9.05. The van der Waals surface area contributed by atoms with E-state index in [0.29, 0.717) is 0 Å². The third-order valence-corrected chi connectivity index (χ3v) is 2.78. The standard InChI is InChI=1S/C10H23O2Si/c1-4-6-8-11-10(13-3)12-9-7-5-2/h10H,3-9,13H2,1-2H3. The van der Waals surface area contributed by atoms with Crippen LogP contribution in [0.25, 0.3) is 0 Å². The fraction of sp³-hybridized carbons (Fsp3) is 0.900. The van der Waals surface area contributed by atoms with Crippen LogP contribution in [0.4, 0.5) is 0 Å². The van der Waals surface area contributed by atoms with Crippen molar-refractivity contribution < 1.29 is 9.47 Å². The summed E-state index contributed by atoms with van der Waals surface area (Å²) in [6.45, 7) is 9.92. The minimum Gasteiger partial charge on any atom is -0.357 e. The van der Waals surface area contributed by atoms with Gasteiger partial charge in [-0.05, 0) is 12.8 Å². The van der Waals surface area contributed by atoms with Gasteiger partial charge in [0.25, 0.3) is 0 Å². The highest BCUT2D eigenvalue weighted by Crippen LogP contribution is 1.98. The summed E-state index contributed by atoms with van der Waals surface area (Å²) in [6, 6.07) is 0. The van der Waals surface area contributed by atoms with E-state index in [1.165, 1.54) is 12.8 Å². The molecule has 0 aromatic heterocycles. The lowest BCUT2D eigenvalue weighted by Gasteiger charge is -2.16. The van der Waals surface area contributed by atoms with Gasteiger partial charge >= 0.3 is 0 Å². The van der Waals surface area contributed by atoms with Crippen molar-refractivity contribution in [3.63, 3.8) is 0 Å². The van der Waals surface area contributed by atoms with Gasteiger partial charge in [-0.3, -0.25) is 0 Å². The van der Waals surface area contributed by atoms with Crippen LogP contribution in [0.3, 0.4) is 0 Å². The first-order valence-corrected chi connectivity index (χ1v) is 7.19. The molecule has 0 amide bonds. The van der Waals surface area contributed by atoms with E-state index in [1.807, 2.05) is 0 Å². The van der Waals surface area contributed by atoms with Gasteiger partial charge in [0, 0.05) is 13.2 Å². The fourth-order valence-corrected chi connectivity index (χ4v) is 1.60. The summed E-state index contributed by atoms with van der Waals surface area (Å²) in [5.41, 5.74) is 0. The molecular weight excluding hydrogens is 180 g/mol. The van der Waals surface area contributed by atoms with E-state index in [1.54, 1.807) is 0 Å². The van der Waals surface area contributed by atoms with E-state index < -0.39 is 9.52 Å². The summed E-state index contributed by atoms with van der Waals surface area (Å²) in [6.07, 6.45) is 4.62. The van der Waals surface area contributed by atoms with Gasteiger partial charge in [0.1, 0.15) is 5.91 Å². The molecule has 0 aliphatic heterocycles. The monoisotopic (exact) mass is 203 g/mol. The average Bonchev–Trinajstić information content (AvgIpc) is 2.16. The summed E-state index contributed by atoms with van der Waals surface area (Å²) in [5.74, 6) is 0.0538. The highest BCUT2D eigenvalue weighted by Gasteiger charge is 2.05. The first-order valence-electron chi connectivity index (χ1n) is 5.37. The lowest BCUT2D eigenvalue weighted by molar-refractivity contribution is -0.0912. The van der Waals surface area contributed by atoms with Crippen LogP contribution in [0.1, 0.15) is 39.5 Å². The Balaban J connectivity index is 3.28. The molecule has 0 saturated heterocycles. The topological polar surface area (TPSA) is 18.5 Å². The summed E-state index contributed by atoms with van der Waals surface area (Å²) in [7, 11) is -0.422. The minimum atomic E-state index is -0.422. The lowest BCUT2D eigenvalue weighted by Crippen LogP contribution is -2.24. The van der Waals surface area contributed by atoms with Crippen LogP contribution in [0.15, 0.2) is 0 Å². The summed E-state index contributed by atoms with van der Waals surface area (Å²) >= 11 is 0. The molecule has 0 aromatic rings. The second-order valence-corrected chi connectivity index (χ2v) is 4.41. The second-order valence-electron chi connectivity index (χ2n) is 3.17. The molecule has 1 radical (unpaired) electrons. The number of ether oxygens (including phenoxy) is 2. The van der Waals surface area contributed by atoms with Gasteiger partial charge in [-0.15, -0.1) is 0 Å². The lowest BCUT2D eigenvalue weighted by atomic mass is 10.4. The van der Waals surface area contributed by atoms with Gasteiger partial charge in [-0.1, -0.05) is 33.2 Å². The van der Waals surface area contributed by atoms with E-state index in [-0.39, 0.29) is 5.91 Å². The molecule has 0 bridgehead atoms. The van der Waals surface area contributed by atoms with Gasteiger partial charge in [-0.25, -0.2) is 0 Å². The van der Waals surface area contributed by atoms with E-state index in [0.717, 1.165) is 26.1 Å². The summed E-state index contributed by atoms with van der Waals surface area (Å²) in [5, 5.41) is 0. The Morgan fingerprint density at radius 3 is 1.85 bits per heavy atom. The highest BCUT2D eigenvalue weighted by atomic mass is 28.2. The zero-order chi connectivity index (χ0) is 9.94. The van der Waals surface area contributed by atoms with Crippen molar-refractivity contribution >= 4 is 9.52 Å². The summed E-state index contributed by atoms with van der Waals surface area (Å²) in [4.78, 5) is 0. The molecule has 0 unspecified atom stereocenters. The molecule has 0 aliphatic rings. The Kier molecular flexibility index (Phi) is 10.3. The smallest absolute Gasteiger partial charge is 0.134 e. The molecule has 2 nitrogen and oxygen atoms in total. The van der Waals surface area contributed by atoms with Crippen molar-refractivity contribution in [2.75, 3.05) is 13.2 Å². The minimum absolute atomic E-state index is 0.0538. The molecular formula is C10H23O2Si. The maximum atomic E-state index is 5.56. The first-order chi connectivity index (χ1) is 6.35. The van der Waals surface area contributed by atoms with E-state index in [2.05, 4.69) is 20.4 Å². The zero-order valence-corrected chi connectivity index (χ0v) is 10.5. The van der Waals surface area contributed by atoms with Gasteiger partial charge < -0.3 is 9.47 Å². The quantitative estimate of drug-likeness (QED) is 0.323. The van der Waals surface area contributed by atoms with Crippen LogP contribution in [0.5, 0.6) is 0 Å². The Hall–Kier alpha value is 0.137. The molecule has 0 rings (SSSR count). The van der Waals surface area contributed by atoms with Crippen LogP contribution >= 0.6 is 0 Å². The fourth-order valence-electron chi connectivity index (χ4n) is 0.933. The van der Waals surface area contributed by atoms with Crippen molar-refractivity contribution in [3.8, 4) is 0 Å². The third-order valence-electron chi connectivity index (χ3n) is 1.84. The Morgan fingerprint density at radius 2 is 1.54 bits per heavy atom.